The molecular formula is C20H19N3O3. The summed E-state index contributed by atoms with van der Waals surface area (Å²) in [5.41, 5.74) is 6.10. The minimum absolute atomic E-state index is 0.296. The van der Waals surface area contributed by atoms with Crippen LogP contribution in [0.1, 0.15) is 28.8 Å². The van der Waals surface area contributed by atoms with Crippen molar-refractivity contribution in [1.82, 2.24) is 15.8 Å². The molecule has 1 heterocycles. The van der Waals surface area contributed by atoms with Gasteiger partial charge in [-0.1, -0.05) is 24.3 Å². The van der Waals surface area contributed by atoms with Gasteiger partial charge in [0.25, 0.3) is 5.91 Å². The van der Waals surface area contributed by atoms with Crippen molar-refractivity contribution >= 4 is 22.6 Å². The summed E-state index contributed by atoms with van der Waals surface area (Å²) in [6.07, 6.45) is 3.01. The summed E-state index contributed by atoms with van der Waals surface area (Å²) in [4.78, 5) is 28.2. The number of carbonyl (C=O) groups is 2. The van der Waals surface area contributed by atoms with Crippen LogP contribution in [0.2, 0.25) is 0 Å². The molecule has 26 heavy (non-hydrogen) atoms. The fraction of sp³-hybridized carbons (Fsp3) is 0.150. The molecule has 2 amide bonds. The van der Waals surface area contributed by atoms with Crippen molar-refractivity contribution in [3.05, 3.63) is 72.1 Å². The first-order chi connectivity index (χ1) is 12.6. The number of nitrogens with one attached hydrogen (secondary N) is 2. The smallest absolute Gasteiger partial charge is 0.271 e. The second-order valence-electron chi connectivity index (χ2n) is 5.88. The fourth-order valence-corrected chi connectivity index (χ4v) is 2.59. The second kappa shape index (κ2) is 7.65. The van der Waals surface area contributed by atoms with Crippen molar-refractivity contribution in [3.8, 4) is 5.75 Å². The summed E-state index contributed by atoms with van der Waals surface area (Å²) in [6, 6.07) is 14.9. The van der Waals surface area contributed by atoms with Crippen molar-refractivity contribution in [2.75, 3.05) is 7.11 Å². The van der Waals surface area contributed by atoms with Gasteiger partial charge >= 0.3 is 0 Å². The number of methoxy groups -OCH3 is 1. The number of amides is 2. The molecule has 0 aliphatic rings. The van der Waals surface area contributed by atoms with Crippen molar-refractivity contribution in [2.45, 2.75) is 12.8 Å². The van der Waals surface area contributed by atoms with Gasteiger partial charge in [0.1, 0.15) is 5.75 Å². The van der Waals surface area contributed by atoms with Gasteiger partial charge in [-0.3, -0.25) is 25.4 Å². The number of nitrogens with zero attached hydrogens (tertiary/aromatic N) is 1. The molecule has 0 aliphatic carbocycles. The highest BCUT2D eigenvalue weighted by Crippen LogP contribution is 2.25. The van der Waals surface area contributed by atoms with E-state index in [-0.39, 0.29) is 5.91 Å². The molecule has 1 atom stereocenters. The van der Waals surface area contributed by atoms with Crippen LogP contribution < -0.4 is 15.6 Å². The fourth-order valence-electron chi connectivity index (χ4n) is 2.59. The maximum atomic E-state index is 12.4. The molecule has 0 fully saturated rings. The molecule has 6 nitrogen and oxygen atoms in total. The van der Waals surface area contributed by atoms with Crippen LogP contribution in [-0.4, -0.2) is 23.9 Å². The van der Waals surface area contributed by atoms with Crippen LogP contribution in [0.5, 0.6) is 5.75 Å². The van der Waals surface area contributed by atoms with Gasteiger partial charge in [-0.05, 0) is 47.5 Å². The van der Waals surface area contributed by atoms with E-state index in [0.29, 0.717) is 5.56 Å². The Kier molecular flexibility index (Phi) is 5.12. The molecule has 2 aromatic carbocycles. The van der Waals surface area contributed by atoms with Crippen LogP contribution in [0.15, 0.2) is 60.9 Å². The van der Waals surface area contributed by atoms with Gasteiger partial charge in [0.05, 0.1) is 18.6 Å². The Labute approximate surface area is 151 Å². The number of fused-ring (bicyclic) bond motifs is 1. The van der Waals surface area contributed by atoms with E-state index >= 15 is 0 Å². The first-order valence-corrected chi connectivity index (χ1v) is 8.16. The average Bonchev–Trinajstić information content (AvgIpc) is 2.70. The molecule has 6 heteroatoms. The molecule has 132 valence electrons. The molecule has 0 unspecified atom stereocenters. The molecule has 0 bridgehead atoms. The summed E-state index contributed by atoms with van der Waals surface area (Å²) in [5.74, 6) is -0.343. The van der Waals surface area contributed by atoms with E-state index in [0.717, 1.165) is 22.1 Å². The predicted octanol–water partition coefficient (Wildman–Crippen LogP) is 2.81. The van der Waals surface area contributed by atoms with E-state index in [1.165, 1.54) is 6.20 Å². The summed E-state index contributed by atoms with van der Waals surface area (Å²) in [7, 11) is 1.63. The maximum Gasteiger partial charge on any atom is 0.271 e. The van der Waals surface area contributed by atoms with E-state index in [4.69, 9.17) is 4.74 Å². The Balaban J connectivity index is 1.68. The summed E-state index contributed by atoms with van der Waals surface area (Å²) < 4.78 is 5.22. The standard InChI is InChI=1S/C20H19N3O3/c1-13(19(24)22-23-20(25)17-4-3-9-21-12-17)14-5-6-16-11-18(26-2)8-7-15(16)10-14/h3-13H,1-2H3,(H,22,24)(H,23,25)/t13-/m0/s1. The third kappa shape index (κ3) is 3.80. The zero-order valence-electron chi connectivity index (χ0n) is 14.5. The molecule has 0 saturated carbocycles. The number of pyridine rings is 1. The first kappa shape index (κ1) is 17.4. The van der Waals surface area contributed by atoms with Crippen LogP contribution in [0.4, 0.5) is 0 Å². The van der Waals surface area contributed by atoms with Gasteiger partial charge in [0.2, 0.25) is 5.91 Å². The van der Waals surface area contributed by atoms with E-state index in [9.17, 15) is 9.59 Å². The zero-order valence-corrected chi connectivity index (χ0v) is 14.5. The lowest BCUT2D eigenvalue weighted by Crippen LogP contribution is -2.43. The van der Waals surface area contributed by atoms with Crippen LogP contribution >= 0.6 is 0 Å². The normalized spacial score (nSPS) is 11.6. The number of benzene rings is 2. The van der Waals surface area contributed by atoms with Crippen LogP contribution in [0.3, 0.4) is 0 Å². The molecular weight excluding hydrogens is 330 g/mol. The van der Waals surface area contributed by atoms with Gasteiger partial charge in [-0.15, -0.1) is 0 Å². The minimum atomic E-state index is -0.421. The number of hydrogen-bond donors (Lipinski definition) is 2. The second-order valence-corrected chi connectivity index (χ2v) is 5.88. The lowest BCUT2D eigenvalue weighted by atomic mass is 9.97. The summed E-state index contributed by atoms with van der Waals surface area (Å²) in [5, 5.41) is 2.05. The Hall–Kier alpha value is -3.41. The summed E-state index contributed by atoms with van der Waals surface area (Å²) >= 11 is 0. The van der Waals surface area contributed by atoms with Gasteiger partial charge in [0.15, 0.2) is 0 Å². The Morgan fingerprint density at radius 3 is 2.54 bits per heavy atom. The molecule has 3 rings (SSSR count). The SMILES string of the molecule is COc1ccc2cc([C@H](C)C(=O)NNC(=O)c3cccnc3)ccc2c1. The van der Waals surface area contributed by atoms with Crippen molar-refractivity contribution < 1.29 is 14.3 Å². The third-order valence-electron chi connectivity index (χ3n) is 4.19. The van der Waals surface area contributed by atoms with Crippen LogP contribution in [0, 0.1) is 0 Å². The zero-order chi connectivity index (χ0) is 18.5. The topological polar surface area (TPSA) is 80.3 Å². The Bertz CT molecular complexity index is 941. The quantitative estimate of drug-likeness (QED) is 0.710. The molecule has 3 aromatic rings. The number of hydrogen-bond acceptors (Lipinski definition) is 4. The Morgan fingerprint density at radius 2 is 1.81 bits per heavy atom. The molecule has 1 aromatic heterocycles. The van der Waals surface area contributed by atoms with Crippen molar-refractivity contribution in [2.24, 2.45) is 0 Å². The molecule has 0 spiro atoms. The van der Waals surface area contributed by atoms with Gasteiger partial charge < -0.3 is 4.74 Å². The summed E-state index contributed by atoms with van der Waals surface area (Å²) in [6.45, 7) is 1.79. The van der Waals surface area contributed by atoms with E-state index in [1.807, 2.05) is 36.4 Å². The van der Waals surface area contributed by atoms with E-state index in [2.05, 4.69) is 15.8 Å². The Morgan fingerprint density at radius 1 is 1.04 bits per heavy atom. The van der Waals surface area contributed by atoms with Gasteiger partial charge in [0, 0.05) is 12.4 Å². The molecule has 0 saturated heterocycles. The van der Waals surface area contributed by atoms with Gasteiger partial charge in [-0.2, -0.15) is 0 Å². The van der Waals surface area contributed by atoms with Crippen LogP contribution in [0.25, 0.3) is 10.8 Å². The molecule has 0 radical (unpaired) electrons. The van der Waals surface area contributed by atoms with E-state index in [1.54, 1.807) is 32.4 Å². The number of carbonyl (C=O) groups excluding carboxylic acids is 2. The van der Waals surface area contributed by atoms with Gasteiger partial charge in [-0.25, -0.2) is 0 Å². The highest BCUT2D eigenvalue weighted by molar-refractivity contribution is 5.96. The highest BCUT2D eigenvalue weighted by atomic mass is 16.5. The molecule has 2 N–H and O–H groups in total. The third-order valence-corrected chi connectivity index (χ3v) is 4.19. The number of rotatable bonds is 4. The van der Waals surface area contributed by atoms with Crippen molar-refractivity contribution in [3.63, 3.8) is 0 Å². The lowest BCUT2D eigenvalue weighted by Gasteiger charge is -2.14. The minimum Gasteiger partial charge on any atom is -0.497 e. The monoisotopic (exact) mass is 349 g/mol. The highest BCUT2D eigenvalue weighted by Gasteiger charge is 2.16. The van der Waals surface area contributed by atoms with E-state index < -0.39 is 11.8 Å². The van der Waals surface area contributed by atoms with Crippen LogP contribution in [-0.2, 0) is 4.79 Å². The lowest BCUT2D eigenvalue weighted by molar-refractivity contribution is -0.123. The average molecular weight is 349 g/mol. The predicted molar refractivity (Wildman–Crippen MR) is 98.8 cm³/mol. The number of aromatic nitrogens is 1. The van der Waals surface area contributed by atoms with Crippen molar-refractivity contribution in [1.29, 1.82) is 0 Å². The first-order valence-electron chi connectivity index (χ1n) is 8.16. The number of ether oxygens (including phenoxy) is 1. The molecule has 0 aliphatic heterocycles. The maximum absolute atomic E-state index is 12.4. The number of hydrazine groups is 1. The largest absolute Gasteiger partial charge is 0.497 e.